The van der Waals surface area contributed by atoms with Crippen LogP contribution in [0.2, 0.25) is 0 Å². The van der Waals surface area contributed by atoms with Crippen LogP contribution in [0.25, 0.3) is 0 Å². The molecule has 1 heterocycles. The summed E-state index contributed by atoms with van der Waals surface area (Å²) < 4.78 is 4.98. The molecule has 1 aromatic rings. The number of nitrogens with zero attached hydrogens (tertiary/aromatic N) is 1. The Morgan fingerprint density at radius 1 is 1.35 bits per heavy atom. The van der Waals surface area contributed by atoms with E-state index >= 15 is 0 Å². The molecule has 1 aromatic heterocycles. The first-order valence-electron chi connectivity index (χ1n) is 8.24. The number of carbonyl (C=O) groups is 2. The molecule has 0 aliphatic heterocycles. The van der Waals surface area contributed by atoms with E-state index in [1.54, 1.807) is 12.1 Å². The van der Waals surface area contributed by atoms with Crippen molar-refractivity contribution in [3.05, 3.63) is 23.9 Å². The molecule has 0 bridgehead atoms. The van der Waals surface area contributed by atoms with Crippen LogP contribution < -0.4 is 15.4 Å². The highest BCUT2D eigenvalue weighted by Gasteiger charge is 2.33. The van der Waals surface area contributed by atoms with Crippen molar-refractivity contribution in [1.29, 1.82) is 0 Å². The molecule has 23 heavy (non-hydrogen) atoms. The van der Waals surface area contributed by atoms with Crippen molar-refractivity contribution < 1.29 is 14.3 Å². The van der Waals surface area contributed by atoms with Crippen molar-refractivity contribution in [3.63, 3.8) is 0 Å². The summed E-state index contributed by atoms with van der Waals surface area (Å²) in [6.45, 7) is 2.79. The smallest absolute Gasteiger partial charge is 0.253 e. The van der Waals surface area contributed by atoms with Crippen LogP contribution in [0.3, 0.4) is 0 Å². The highest BCUT2D eigenvalue weighted by Crippen LogP contribution is 2.26. The molecule has 2 atom stereocenters. The third-order valence-electron chi connectivity index (χ3n) is 4.21. The number of aromatic nitrogens is 1. The topological polar surface area (TPSA) is 80.3 Å². The number of unbranched alkanes of at least 4 members (excludes halogenated alkanes) is 1. The Balaban J connectivity index is 1.91. The van der Waals surface area contributed by atoms with Gasteiger partial charge < -0.3 is 15.4 Å². The number of hydrogen-bond acceptors (Lipinski definition) is 4. The maximum Gasteiger partial charge on any atom is 0.253 e. The minimum atomic E-state index is -0.196. The number of ether oxygens (including phenoxy) is 1. The number of pyridine rings is 1. The highest BCUT2D eigenvalue weighted by molar-refractivity contribution is 5.94. The number of methoxy groups -OCH3 is 1. The Morgan fingerprint density at radius 2 is 2.17 bits per heavy atom. The van der Waals surface area contributed by atoms with E-state index in [0.29, 0.717) is 18.0 Å². The molecular formula is C17H25N3O3. The van der Waals surface area contributed by atoms with Gasteiger partial charge >= 0.3 is 0 Å². The summed E-state index contributed by atoms with van der Waals surface area (Å²) in [5.41, 5.74) is 0.475. The summed E-state index contributed by atoms with van der Waals surface area (Å²) in [7, 11) is 1.53. The molecule has 1 aliphatic rings. The zero-order valence-electron chi connectivity index (χ0n) is 13.8. The fourth-order valence-corrected chi connectivity index (χ4v) is 2.85. The van der Waals surface area contributed by atoms with Crippen LogP contribution in [-0.4, -0.2) is 36.5 Å². The van der Waals surface area contributed by atoms with Crippen molar-refractivity contribution in [3.8, 4) is 5.88 Å². The lowest BCUT2D eigenvalue weighted by molar-refractivity contribution is -0.125. The molecule has 0 radical (unpaired) electrons. The third-order valence-corrected chi connectivity index (χ3v) is 4.21. The quantitative estimate of drug-likeness (QED) is 0.752. The van der Waals surface area contributed by atoms with Gasteiger partial charge in [-0.1, -0.05) is 19.8 Å². The van der Waals surface area contributed by atoms with E-state index in [1.165, 1.54) is 13.3 Å². The first-order valence-corrected chi connectivity index (χ1v) is 8.24. The number of rotatable bonds is 7. The van der Waals surface area contributed by atoms with Crippen molar-refractivity contribution in [2.45, 2.75) is 45.1 Å². The maximum atomic E-state index is 12.3. The SMILES string of the molecule is CCCCNC(=O)[C@H]1CCC[C@H]1NC(=O)c1ccc(OC)nc1. The fraction of sp³-hybridized carbons (Fsp3) is 0.588. The number of nitrogens with one attached hydrogen (secondary N) is 2. The van der Waals surface area contributed by atoms with Crippen LogP contribution in [0.5, 0.6) is 5.88 Å². The molecule has 126 valence electrons. The van der Waals surface area contributed by atoms with Gasteiger partial charge in [0.05, 0.1) is 18.6 Å². The minimum absolute atomic E-state index is 0.0501. The van der Waals surface area contributed by atoms with Crippen molar-refractivity contribution in [2.75, 3.05) is 13.7 Å². The Hall–Kier alpha value is -2.11. The molecular weight excluding hydrogens is 294 g/mol. The van der Waals surface area contributed by atoms with Crippen LogP contribution in [-0.2, 0) is 4.79 Å². The van der Waals surface area contributed by atoms with Crippen molar-refractivity contribution >= 4 is 11.8 Å². The van der Waals surface area contributed by atoms with Crippen LogP contribution in [0.4, 0.5) is 0 Å². The van der Waals surface area contributed by atoms with Gasteiger partial charge in [0.15, 0.2) is 0 Å². The average molecular weight is 319 g/mol. The first-order chi connectivity index (χ1) is 11.2. The van der Waals surface area contributed by atoms with Gasteiger partial charge in [-0.05, 0) is 25.3 Å². The maximum absolute atomic E-state index is 12.3. The van der Waals surface area contributed by atoms with E-state index < -0.39 is 0 Å². The Labute approximate surface area is 137 Å². The van der Waals surface area contributed by atoms with E-state index in [0.717, 1.165) is 32.1 Å². The Kier molecular flexibility index (Phi) is 6.38. The summed E-state index contributed by atoms with van der Waals surface area (Å²) in [4.78, 5) is 28.6. The van der Waals surface area contributed by atoms with Gasteiger partial charge in [-0.3, -0.25) is 9.59 Å². The van der Waals surface area contributed by atoms with Gasteiger partial charge in [-0.2, -0.15) is 0 Å². The summed E-state index contributed by atoms with van der Waals surface area (Å²) in [6, 6.07) is 3.22. The average Bonchev–Trinajstić information content (AvgIpc) is 3.03. The van der Waals surface area contributed by atoms with Gasteiger partial charge in [0, 0.05) is 24.8 Å². The van der Waals surface area contributed by atoms with Crippen LogP contribution in [0.1, 0.15) is 49.4 Å². The molecule has 6 nitrogen and oxygen atoms in total. The minimum Gasteiger partial charge on any atom is -0.481 e. The lowest BCUT2D eigenvalue weighted by Crippen LogP contribution is -2.44. The lowest BCUT2D eigenvalue weighted by atomic mass is 10.0. The number of amides is 2. The Bertz CT molecular complexity index is 530. The molecule has 6 heteroatoms. The summed E-state index contributed by atoms with van der Waals surface area (Å²) in [5, 5.41) is 5.94. The van der Waals surface area contributed by atoms with Crippen molar-refractivity contribution in [1.82, 2.24) is 15.6 Å². The van der Waals surface area contributed by atoms with Gasteiger partial charge in [0.2, 0.25) is 11.8 Å². The Morgan fingerprint density at radius 3 is 2.83 bits per heavy atom. The van der Waals surface area contributed by atoms with E-state index in [-0.39, 0.29) is 23.8 Å². The molecule has 0 spiro atoms. The standard InChI is InChI=1S/C17H25N3O3/c1-3-4-10-18-17(22)13-6-5-7-14(13)20-16(21)12-8-9-15(23-2)19-11-12/h8-9,11,13-14H,3-7,10H2,1-2H3,(H,18,22)(H,20,21)/t13-,14+/m0/s1. The van der Waals surface area contributed by atoms with Crippen LogP contribution in [0.15, 0.2) is 18.3 Å². The molecule has 1 saturated carbocycles. The second kappa shape index (κ2) is 8.50. The van der Waals surface area contributed by atoms with Crippen LogP contribution >= 0.6 is 0 Å². The molecule has 0 saturated heterocycles. The summed E-state index contributed by atoms with van der Waals surface area (Å²) in [6.07, 6.45) is 6.13. The van der Waals surface area contributed by atoms with Gasteiger partial charge in [0.1, 0.15) is 0 Å². The number of hydrogen-bond donors (Lipinski definition) is 2. The van der Waals surface area contributed by atoms with E-state index in [4.69, 9.17) is 4.74 Å². The van der Waals surface area contributed by atoms with E-state index in [9.17, 15) is 9.59 Å². The number of carbonyl (C=O) groups excluding carboxylic acids is 2. The molecule has 1 aliphatic carbocycles. The molecule has 2 N–H and O–H groups in total. The monoisotopic (exact) mass is 319 g/mol. The van der Waals surface area contributed by atoms with Gasteiger partial charge in [0.25, 0.3) is 5.91 Å². The van der Waals surface area contributed by atoms with Crippen LogP contribution in [0, 0.1) is 5.92 Å². The van der Waals surface area contributed by atoms with Crippen molar-refractivity contribution in [2.24, 2.45) is 5.92 Å². The van der Waals surface area contributed by atoms with Gasteiger partial charge in [-0.25, -0.2) is 4.98 Å². The van der Waals surface area contributed by atoms with Gasteiger partial charge in [-0.15, -0.1) is 0 Å². The second-order valence-corrected chi connectivity index (χ2v) is 5.85. The molecule has 0 unspecified atom stereocenters. The van der Waals surface area contributed by atoms with E-state index in [1.807, 2.05) is 0 Å². The zero-order valence-corrected chi connectivity index (χ0v) is 13.8. The largest absolute Gasteiger partial charge is 0.481 e. The second-order valence-electron chi connectivity index (χ2n) is 5.85. The first kappa shape index (κ1) is 17.2. The zero-order chi connectivity index (χ0) is 16.7. The molecule has 1 fully saturated rings. The fourth-order valence-electron chi connectivity index (χ4n) is 2.85. The molecule has 2 rings (SSSR count). The normalized spacial score (nSPS) is 20.1. The lowest BCUT2D eigenvalue weighted by Gasteiger charge is -2.20. The molecule has 2 amide bonds. The molecule has 0 aromatic carbocycles. The van der Waals surface area contributed by atoms with E-state index in [2.05, 4.69) is 22.5 Å². The predicted octanol–water partition coefficient (Wildman–Crippen LogP) is 1.90. The third kappa shape index (κ3) is 4.68. The predicted molar refractivity (Wildman–Crippen MR) is 87.3 cm³/mol. The summed E-state index contributed by atoms with van der Waals surface area (Å²) in [5.74, 6) is 0.185. The summed E-state index contributed by atoms with van der Waals surface area (Å²) >= 11 is 0. The highest BCUT2D eigenvalue weighted by atomic mass is 16.5.